The lowest BCUT2D eigenvalue weighted by molar-refractivity contribution is -0.129. The lowest BCUT2D eigenvalue weighted by Crippen LogP contribution is -2.20. The van der Waals surface area contributed by atoms with Gasteiger partial charge in [0, 0.05) is 6.42 Å². The van der Waals surface area contributed by atoms with Crippen LogP contribution in [-0.4, -0.2) is 29.5 Å². The molecule has 1 unspecified atom stereocenters. The molecule has 1 atom stereocenters. The molecule has 0 saturated heterocycles. The number of hydrogen-bond acceptors (Lipinski definition) is 4. The lowest BCUT2D eigenvalue weighted by atomic mass is 10.2. The molecule has 0 saturated carbocycles. The van der Waals surface area contributed by atoms with Crippen LogP contribution >= 0.6 is 0 Å². The van der Waals surface area contributed by atoms with E-state index in [1.807, 2.05) is 30.3 Å². The number of oxime groups is 1. The van der Waals surface area contributed by atoms with Gasteiger partial charge in [0.2, 0.25) is 0 Å². The molecule has 5 nitrogen and oxygen atoms in total. The molecule has 0 fully saturated rings. The number of hydrogen-bond donors (Lipinski definition) is 1. The van der Waals surface area contributed by atoms with E-state index >= 15 is 0 Å². The van der Waals surface area contributed by atoms with Crippen molar-refractivity contribution in [2.24, 2.45) is 5.16 Å². The minimum absolute atomic E-state index is 0.0432. The molecule has 2 rings (SSSR count). The van der Waals surface area contributed by atoms with Gasteiger partial charge in [-0.15, -0.1) is 0 Å². The van der Waals surface area contributed by atoms with Crippen molar-refractivity contribution >= 4 is 11.7 Å². The molecule has 1 aliphatic rings. The molecule has 0 amide bonds. The van der Waals surface area contributed by atoms with E-state index in [1.54, 1.807) is 0 Å². The fraction of sp³-hybridized carbons (Fsp3) is 0.273. The van der Waals surface area contributed by atoms with Crippen LogP contribution in [0.1, 0.15) is 6.42 Å². The summed E-state index contributed by atoms with van der Waals surface area (Å²) in [6.07, 6.45) is -0.0337. The molecule has 84 valence electrons. The second-order valence-electron chi connectivity index (χ2n) is 3.40. The van der Waals surface area contributed by atoms with E-state index in [0.29, 0.717) is 6.61 Å². The Morgan fingerprint density at radius 2 is 2.25 bits per heavy atom. The Labute approximate surface area is 92.3 Å². The van der Waals surface area contributed by atoms with Crippen molar-refractivity contribution in [2.75, 3.05) is 6.61 Å². The smallest absolute Gasteiger partial charge is 0.353 e. The van der Waals surface area contributed by atoms with E-state index in [0.717, 1.165) is 5.75 Å². The summed E-state index contributed by atoms with van der Waals surface area (Å²) in [5.74, 6) is -0.308. The highest BCUT2D eigenvalue weighted by atomic mass is 16.7. The van der Waals surface area contributed by atoms with E-state index in [2.05, 4.69) is 5.16 Å². The Hall–Kier alpha value is -2.04. The fourth-order valence-corrected chi connectivity index (χ4v) is 1.35. The first-order valence-corrected chi connectivity index (χ1v) is 4.89. The summed E-state index contributed by atoms with van der Waals surface area (Å²) in [5.41, 5.74) is 0.0432. The molecule has 0 aromatic heterocycles. The maximum absolute atomic E-state index is 10.6. The number of aliphatic carboxylic acids is 1. The molecule has 16 heavy (non-hydrogen) atoms. The van der Waals surface area contributed by atoms with E-state index in [1.165, 1.54) is 0 Å². The van der Waals surface area contributed by atoms with Crippen LogP contribution in [0.25, 0.3) is 0 Å². The highest BCUT2D eigenvalue weighted by Gasteiger charge is 2.26. The van der Waals surface area contributed by atoms with Crippen LogP contribution < -0.4 is 4.74 Å². The zero-order chi connectivity index (χ0) is 11.4. The van der Waals surface area contributed by atoms with Gasteiger partial charge in [0.25, 0.3) is 0 Å². The van der Waals surface area contributed by atoms with Crippen molar-refractivity contribution in [3.8, 4) is 5.75 Å². The molecule has 1 aromatic rings. The molecule has 0 bridgehead atoms. The van der Waals surface area contributed by atoms with Gasteiger partial charge in [-0.2, -0.15) is 0 Å². The average molecular weight is 221 g/mol. The first kappa shape index (κ1) is 10.5. The van der Waals surface area contributed by atoms with Gasteiger partial charge in [-0.1, -0.05) is 23.4 Å². The van der Waals surface area contributed by atoms with Crippen LogP contribution in [0.15, 0.2) is 35.5 Å². The second-order valence-corrected chi connectivity index (χ2v) is 3.40. The van der Waals surface area contributed by atoms with Gasteiger partial charge in [-0.3, -0.25) is 0 Å². The van der Waals surface area contributed by atoms with Crippen molar-refractivity contribution in [3.63, 3.8) is 0 Å². The maximum atomic E-state index is 10.6. The Bertz CT molecular complexity index is 402. The number of nitrogens with zero attached hydrogens (tertiary/aromatic N) is 1. The van der Waals surface area contributed by atoms with Crippen molar-refractivity contribution in [3.05, 3.63) is 30.3 Å². The number of rotatable bonds is 4. The number of carboxylic acids is 1. The Morgan fingerprint density at radius 3 is 2.88 bits per heavy atom. The van der Waals surface area contributed by atoms with Crippen molar-refractivity contribution in [1.82, 2.24) is 0 Å². The molecular weight excluding hydrogens is 210 g/mol. The average Bonchev–Trinajstić information content (AvgIpc) is 2.76. The van der Waals surface area contributed by atoms with Gasteiger partial charge in [0.05, 0.1) is 0 Å². The summed E-state index contributed by atoms with van der Waals surface area (Å²) in [6.45, 7) is 0.296. The lowest BCUT2D eigenvalue weighted by Gasteiger charge is -2.09. The zero-order valence-corrected chi connectivity index (χ0v) is 8.50. The Balaban J connectivity index is 1.80. The van der Waals surface area contributed by atoms with E-state index in [-0.39, 0.29) is 18.2 Å². The third-order valence-electron chi connectivity index (χ3n) is 2.16. The van der Waals surface area contributed by atoms with Crippen LogP contribution in [0.5, 0.6) is 5.75 Å². The van der Waals surface area contributed by atoms with Crippen LogP contribution in [0, 0.1) is 0 Å². The largest absolute Gasteiger partial charge is 0.490 e. The van der Waals surface area contributed by atoms with Gasteiger partial charge in [-0.05, 0) is 12.1 Å². The quantitative estimate of drug-likeness (QED) is 0.831. The molecule has 1 heterocycles. The molecule has 1 N–H and O–H groups in total. The SMILES string of the molecule is O=C(O)C1=NOC(COc2ccccc2)C1. The second kappa shape index (κ2) is 4.65. The van der Waals surface area contributed by atoms with Gasteiger partial charge < -0.3 is 14.7 Å². The molecule has 1 aliphatic heterocycles. The Kier molecular flexibility index (Phi) is 3.05. The van der Waals surface area contributed by atoms with Gasteiger partial charge in [0.1, 0.15) is 12.4 Å². The minimum atomic E-state index is -1.04. The maximum Gasteiger partial charge on any atom is 0.353 e. The zero-order valence-electron chi connectivity index (χ0n) is 8.50. The number of ether oxygens (including phenoxy) is 1. The summed E-state index contributed by atoms with van der Waals surface area (Å²) < 4.78 is 5.43. The van der Waals surface area contributed by atoms with Crippen molar-refractivity contribution < 1.29 is 19.5 Å². The summed E-state index contributed by atoms with van der Waals surface area (Å²) in [5, 5.41) is 12.1. The van der Waals surface area contributed by atoms with E-state index < -0.39 is 5.97 Å². The molecule has 0 spiro atoms. The number of para-hydroxylation sites is 1. The summed E-state index contributed by atoms with van der Waals surface area (Å²) >= 11 is 0. The molecule has 5 heteroatoms. The number of carboxylic acid groups (broad SMARTS) is 1. The minimum Gasteiger partial charge on any atom is -0.490 e. The highest BCUT2D eigenvalue weighted by Crippen LogP contribution is 2.14. The van der Waals surface area contributed by atoms with Crippen LogP contribution in [-0.2, 0) is 9.63 Å². The summed E-state index contributed by atoms with van der Waals surface area (Å²) in [7, 11) is 0. The topological polar surface area (TPSA) is 68.1 Å². The van der Waals surface area contributed by atoms with Crippen molar-refractivity contribution in [1.29, 1.82) is 0 Å². The molecule has 0 aliphatic carbocycles. The predicted molar refractivity (Wildman–Crippen MR) is 56.5 cm³/mol. The third-order valence-corrected chi connectivity index (χ3v) is 2.16. The molecule has 1 aromatic carbocycles. The standard InChI is InChI=1S/C11H11NO4/c13-11(14)10-6-9(16-12-10)7-15-8-4-2-1-3-5-8/h1-5,9H,6-7H2,(H,13,14). The number of carbonyl (C=O) groups is 1. The van der Waals surface area contributed by atoms with Crippen LogP contribution in [0.4, 0.5) is 0 Å². The van der Waals surface area contributed by atoms with Crippen LogP contribution in [0.2, 0.25) is 0 Å². The Morgan fingerprint density at radius 1 is 1.50 bits per heavy atom. The van der Waals surface area contributed by atoms with E-state index in [9.17, 15) is 4.79 Å². The van der Waals surface area contributed by atoms with Crippen LogP contribution in [0.3, 0.4) is 0 Å². The summed E-state index contributed by atoms with van der Waals surface area (Å²) in [4.78, 5) is 15.5. The van der Waals surface area contributed by atoms with Crippen molar-refractivity contribution in [2.45, 2.75) is 12.5 Å². The first-order valence-electron chi connectivity index (χ1n) is 4.89. The predicted octanol–water partition coefficient (Wildman–Crippen LogP) is 1.29. The number of benzene rings is 1. The third kappa shape index (κ3) is 2.50. The first-order chi connectivity index (χ1) is 7.75. The monoisotopic (exact) mass is 221 g/mol. The normalized spacial score (nSPS) is 18.8. The van der Waals surface area contributed by atoms with Gasteiger partial charge >= 0.3 is 5.97 Å². The highest BCUT2D eigenvalue weighted by molar-refractivity contribution is 6.35. The van der Waals surface area contributed by atoms with E-state index in [4.69, 9.17) is 14.7 Å². The molecular formula is C11H11NO4. The van der Waals surface area contributed by atoms with Gasteiger partial charge in [0.15, 0.2) is 11.8 Å². The molecule has 0 radical (unpaired) electrons. The van der Waals surface area contributed by atoms with Gasteiger partial charge in [-0.25, -0.2) is 4.79 Å². The summed E-state index contributed by atoms with van der Waals surface area (Å²) in [6, 6.07) is 9.28. The fourth-order valence-electron chi connectivity index (χ4n) is 1.35.